The van der Waals surface area contributed by atoms with Crippen LogP contribution in [0.4, 0.5) is 0 Å². The van der Waals surface area contributed by atoms with Gasteiger partial charge in [0.1, 0.15) is 0 Å². The highest BCUT2D eigenvalue weighted by Gasteiger charge is 2.48. The Morgan fingerprint density at radius 1 is 0.636 bits per heavy atom. The summed E-state index contributed by atoms with van der Waals surface area (Å²) in [5, 5.41) is 6.20. The first-order valence-corrected chi connectivity index (χ1v) is 14.5. The van der Waals surface area contributed by atoms with E-state index in [1.807, 2.05) is 0 Å². The summed E-state index contributed by atoms with van der Waals surface area (Å²) in [4.78, 5) is 0. The smallest absolute Gasteiger partial charge is 0.0636 e. The fourth-order valence-electron chi connectivity index (χ4n) is 5.82. The minimum Gasteiger partial charge on any atom is -0.0636 e. The van der Waals surface area contributed by atoms with Crippen LogP contribution in [0.2, 0.25) is 0 Å². The summed E-state index contributed by atoms with van der Waals surface area (Å²) >= 11 is 0. The summed E-state index contributed by atoms with van der Waals surface area (Å²) in [5.74, 6) is 0.452. The second-order valence-electron chi connectivity index (χ2n) is 9.80. The Morgan fingerprint density at radius 3 is 1.67 bits per heavy atom. The quantitative estimate of drug-likeness (QED) is 0.300. The molecule has 0 bridgehead atoms. The molecule has 0 N–H and O–H groups in total. The van der Waals surface area contributed by atoms with Gasteiger partial charge < -0.3 is 0 Å². The van der Waals surface area contributed by atoms with E-state index >= 15 is 0 Å². The Labute approximate surface area is 202 Å². The zero-order chi connectivity index (χ0) is 23.8. The van der Waals surface area contributed by atoms with Crippen LogP contribution >= 0.6 is 0 Å². The fourth-order valence-corrected chi connectivity index (χ4v) is 11.5. The molecule has 33 heavy (non-hydrogen) atoms. The third-order valence-electron chi connectivity index (χ3n) is 8.04. The molecular formula is C32H38Si. The highest BCUT2D eigenvalue weighted by Crippen LogP contribution is 2.41. The second-order valence-corrected chi connectivity index (χ2v) is 13.6. The van der Waals surface area contributed by atoms with Crippen LogP contribution in [0.3, 0.4) is 0 Å². The van der Waals surface area contributed by atoms with Gasteiger partial charge in [0.2, 0.25) is 0 Å². The van der Waals surface area contributed by atoms with E-state index in [0.29, 0.717) is 5.92 Å². The maximum atomic E-state index is 2.54. The molecule has 0 nitrogen and oxygen atoms in total. The Bertz CT molecular complexity index is 1190. The van der Waals surface area contributed by atoms with Crippen LogP contribution in [0.25, 0.3) is 0 Å². The van der Waals surface area contributed by atoms with Gasteiger partial charge in [-0.3, -0.25) is 0 Å². The van der Waals surface area contributed by atoms with Crippen molar-refractivity contribution in [2.24, 2.45) is 5.92 Å². The van der Waals surface area contributed by atoms with Gasteiger partial charge in [-0.05, 0) is 78.7 Å². The number of allylic oxidation sites excluding steroid dienone is 4. The largest absolute Gasteiger partial charge is 0.176 e. The van der Waals surface area contributed by atoms with Crippen molar-refractivity contribution in [3.05, 3.63) is 111 Å². The first-order chi connectivity index (χ1) is 15.8. The van der Waals surface area contributed by atoms with Gasteiger partial charge in [-0.2, -0.15) is 0 Å². The second kappa shape index (κ2) is 9.31. The molecule has 1 aliphatic carbocycles. The first-order valence-electron chi connectivity index (χ1n) is 12.5. The maximum Gasteiger partial charge on any atom is 0.176 e. The fraction of sp³-hybridized carbons (Fsp3) is 0.312. The molecule has 3 aromatic carbocycles. The van der Waals surface area contributed by atoms with E-state index < -0.39 is 8.07 Å². The summed E-state index contributed by atoms with van der Waals surface area (Å²) in [7, 11) is -2.48. The lowest BCUT2D eigenvalue weighted by Gasteiger charge is -2.39. The van der Waals surface area contributed by atoms with Gasteiger partial charge in [-0.25, -0.2) is 0 Å². The topological polar surface area (TPSA) is 0 Å². The Balaban J connectivity index is 2.20. The molecule has 4 rings (SSSR count). The molecule has 3 aromatic rings. The molecule has 0 saturated heterocycles. The molecule has 0 radical (unpaired) electrons. The maximum absolute atomic E-state index is 2.54. The van der Waals surface area contributed by atoms with Gasteiger partial charge in [0.15, 0.2) is 8.07 Å². The average Bonchev–Trinajstić information content (AvgIpc) is 3.04. The van der Waals surface area contributed by atoms with E-state index in [4.69, 9.17) is 0 Å². The van der Waals surface area contributed by atoms with E-state index in [1.165, 1.54) is 49.0 Å². The van der Waals surface area contributed by atoms with E-state index in [1.54, 1.807) is 5.20 Å². The Morgan fingerprint density at radius 2 is 1.18 bits per heavy atom. The van der Waals surface area contributed by atoms with Crippen molar-refractivity contribution >= 4 is 23.6 Å². The van der Waals surface area contributed by atoms with Crippen molar-refractivity contribution < 1.29 is 0 Å². The molecule has 1 aliphatic rings. The molecule has 1 heteroatoms. The average molecular weight is 451 g/mol. The van der Waals surface area contributed by atoms with E-state index in [-0.39, 0.29) is 0 Å². The lowest BCUT2D eigenvalue weighted by molar-refractivity contribution is 0.851. The highest BCUT2D eigenvalue weighted by molar-refractivity contribution is 7.16. The molecule has 0 saturated carbocycles. The molecule has 0 amide bonds. The number of rotatable bonds is 6. The number of aryl methyl sites for hydroxylation is 3. The van der Waals surface area contributed by atoms with Crippen molar-refractivity contribution in [3.8, 4) is 0 Å². The molecule has 0 fully saturated rings. The molecule has 0 aliphatic heterocycles. The number of benzene rings is 3. The summed E-state index contributed by atoms with van der Waals surface area (Å²) in [6.45, 7) is 16.3. The predicted octanol–water partition coefficient (Wildman–Crippen LogP) is 6.43. The van der Waals surface area contributed by atoms with E-state index in [2.05, 4.69) is 121 Å². The van der Waals surface area contributed by atoms with Crippen LogP contribution in [-0.2, 0) is 12.8 Å². The zero-order valence-corrected chi connectivity index (χ0v) is 22.4. The van der Waals surface area contributed by atoms with Gasteiger partial charge in [0.05, 0.1) is 0 Å². The minimum atomic E-state index is -2.48. The zero-order valence-electron chi connectivity index (χ0n) is 21.4. The standard InChI is InChI=1S/C32H38Si/c1-8-27-19-28(9-2)21-31(20-27)33(29-13-11-10-12-14-29,30-17-15-22(3)16-18-30)32-25(6)23(4)24(5)26(32)7/h10-21,25H,8-9H2,1-7H3. The lowest BCUT2D eigenvalue weighted by Crippen LogP contribution is -2.69. The normalized spacial score (nSPS) is 18.1. The van der Waals surface area contributed by atoms with Crippen molar-refractivity contribution in [2.75, 3.05) is 0 Å². The molecule has 2 atom stereocenters. The monoisotopic (exact) mass is 450 g/mol. The van der Waals surface area contributed by atoms with E-state index in [0.717, 1.165) is 12.8 Å². The summed E-state index contributed by atoms with van der Waals surface area (Å²) in [6, 6.07) is 28.4. The van der Waals surface area contributed by atoms with Gasteiger partial charge >= 0.3 is 0 Å². The minimum absolute atomic E-state index is 0.452. The molecule has 0 aromatic heterocycles. The number of hydrogen-bond acceptors (Lipinski definition) is 0. The molecule has 170 valence electrons. The van der Waals surface area contributed by atoms with Gasteiger partial charge in [0, 0.05) is 0 Å². The van der Waals surface area contributed by atoms with Crippen molar-refractivity contribution in [1.29, 1.82) is 0 Å². The lowest BCUT2D eigenvalue weighted by atomic mass is 10.1. The van der Waals surface area contributed by atoms with Gasteiger partial charge in [-0.15, -0.1) is 0 Å². The van der Waals surface area contributed by atoms with Crippen LogP contribution in [0.1, 0.15) is 58.2 Å². The predicted molar refractivity (Wildman–Crippen MR) is 148 cm³/mol. The van der Waals surface area contributed by atoms with Crippen molar-refractivity contribution in [1.82, 2.24) is 0 Å². The van der Waals surface area contributed by atoms with Crippen LogP contribution < -0.4 is 15.6 Å². The molecule has 2 unspecified atom stereocenters. The van der Waals surface area contributed by atoms with Crippen LogP contribution in [-0.4, -0.2) is 8.07 Å². The summed E-state index contributed by atoms with van der Waals surface area (Å²) in [6.07, 6.45) is 2.13. The first kappa shape index (κ1) is 23.5. The van der Waals surface area contributed by atoms with Crippen molar-refractivity contribution in [3.63, 3.8) is 0 Å². The summed E-state index contributed by atoms with van der Waals surface area (Å²) < 4.78 is 0. The summed E-state index contributed by atoms with van der Waals surface area (Å²) in [5.41, 5.74) is 8.76. The van der Waals surface area contributed by atoms with E-state index in [9.17, 15) is 0 Å². The molecular weight excluding hydrogens is 412 g/mol. The van der Waals surface area contributed by atoms with Crippen LogP contribution in [0.15, 0.2) is 94.7 Å². The van der Waals surface area contributed by atoms with Crippen LogP contribution in [0, 0.1) is 12.8 Å². The van der Waals surface area contributed by atoms with Crippen LogP contribution in [0.5, 0.6) is 0 Å². The van der Waals surface area contributed by atoms with Gasteiger partial charge in [-0.1, -0.05) is 115 Å². The third-order valence-corrected chi connectivity index (χ3v) is 13.2. The SMILES string of the molecule is CCc1cc(CC)cc([Si](C2=C(C)C(C)=C(C)C2C)(c2ccccc2)c2ccc(C)cc2)c1. The molecule has 0 spiro atoms. The van der Waals surface area contributed by atoms with Crippen molar-refractivity contribution in [2.45, 2.75) is 61.3 Å². The Hall–Kier alpha value is -2.64. The van der Waals surface area contributed by atoms with Gasteiger partial charge in [0.25, 0.3) is 0 Å². The third kappa shape index (κ3) is 3.87. The highest BCUT2D eigenvalue weighted by atomic mass is 28.3. The number of hydrogen-bond donors (Lipinski definition) is 0. The molecule has 0 heterocycles. The Kier molecular flexibility index (Phi) is 6.63.